The largest absolute Gasteiger partial charge is 0.439 e. The molecule has 1 unspecified atom stereocenters. The molecule has 4 nitrogen and oxygen atoms in total. The first-order valence-corrected chi connectivity index (χ1v) is 6.55. The van der Waals surface area contributed by atoms with Gasteiger partial charge in [-0.15, -0.1) is 0 Å². The summed E-state index contributed by atoms with van der Waals surface area (Å²) in [5.74, 6) is 0.628. The molecule has 1 aromatic carbocycles. The standard InChI is InChI=1S/C12H12Cl2N2O2/c13-7-3-9(14)12-10(4-7)16-11(18-12)5-8-6-15-1-2-17-8/h3-4,8,15H,1-2,5-6H2. The van der Waals surface area contributed by atoms with Crippen molar-refractivity contribution >= 4 is 34.3 Å². The highest BCUT2D eigenvalue weighted by atomic mass is 35.5. The summed E-state index contributed by atoms with van der Waals surface area (Å²) < 4.78 is 11.3. The summed E-state index contributed by atoms with van der Waals surface area (Å²) >= 11 is 12.0. The lowest BCUT2D eigenvalue weighted by atomic mass is 10.2. The van der Waals surface area contributed by atoms with Crippen LogP contribution in [0.2, 0.25) is 10.0 Å². The second-order valence-electron chi connectivity index (χ2n) is 4.24. The van der Waals surface area contributed by atoms with Crippen LogP contribution in [-0.4, -0.2) is 30.8 Å². The number of rotatable bonds is 2. The number of oxazole rings is 1. The maximum Gasteiger partial charge on any atom is 0.198 e. The molecule has 1 fully saturated rings. The Hall–Kier alpha value is -0.810. The molecule has 0 spiro atoms. The lowest BCUT2D eigenvalue weighted by molar-refractivity contribution is 0.0257. The molecule has 1 aliphatic rings. The molecule has 1 N–H and O–H groups in total. The Morgan fingerprint density at radius 1 is 1.39 bits per heavy atom. The third-order valence-corrected chi connectivity index (χ3v) is 3.36. The van der Waals surface area contributed by atoms with E-state index < -0.39 is 0 Å². The average Bonchev–Trinajstić information content (AvgIpc) is 2.73. The quantitative estimate of drug-likeness (QED) is 0.922. The molecule has 0 saturated carbocycles. The third-order valence-electron chi connectivity index (χ3n) is 2.86. The van der Waals surface area contributed by atoms with Gasteiger partial charge in [0.05, 0.1) is 24.2 Å². The summed E-state index contributed by atoms with van der Waals surface area (Å²) in [6.07, 6.45) is 0.733. The van der Waals surface area contributed by atoms with Gasteiger partial charge < -0.3 is 14.5 Å². The molecule has 6 heteroatoms. The minimum atomic E-state index is 0.0982. The summed E-state index contributed by atoms with van der Waals surface area (Å²) in [6, 6.07) is 3.40. The van der Waals surface area contributed by atoms with Crippen molar-refractivity contribution < 1.29 is 9.15 Å². The van der Waals surface area contributed by atoms with Gasteiger partial charge in [0.2, 0.25) is 0 Å². The molecule has 96 valence electrons. The molecule has 1 saturated heterocycles. The molecule has 1 atom stereocenters. The zero-order chi connectivity index (χ0) is 12.5. The number of hydrogen-bond donors (Lipinski definition) is 1. The fourth-order valence-electron chi connectivity index (χ4n) is 2.04. The molecule has 0 bridgehead atoms. The van der Waals surface area contributed by atoms with E-state index in [1.165, 1.54) is 0 Å². The molecule has 0 aliphatic carbocycles. The molecule has 1 aromatic heterocycles. The number of hydrogen-bond acceptors (Lipinski definition) is 4. The number of aromatic nitrogens is 1. The minimum absolute atomic E-state index is 0.0982. The van der Waals surface area contributed by atoms with Crippen LogP contribution in [0.4, 0.5) is 0 Å². The molecule has 2 aromatic rings. The van der Waals surface area contributed by atoms with Crippen LogP contribution in [0.1, 0.15) is 5.89 Å². The van der Waals surface area contributed by atoms with E-state index >= 15 is 0 Å². The molecule has 18 heavy (non-hydrogen) atoms. The Morgan fingerprint density at radius 2 is 2.28 bits per heavy atom. The maximum absolute atomic E-state index is 6.06. The van der Waals surface area contributed by atoms with E-state index in [1.807, 2.05) is 0 Å². The number of ether oxygens (including phenoxy) is 1. The Balaban J connectivity index is 1.86. The zero-order valence-electron chi connectivity index (χ0n) is 9.58. The van der Waals surface area contributed by atoms with E-state index in [0.717, 1.165) is 19.7 Å². The van der Waals surface area contributed by atoms with Gasteiger partial charge >= 0.3 is 0 Å². The summed E-state index contributed by atoms with van der Waals surface area (Å²) in [5.41, 5.74) is 1.27. The van der Waals surface area contributed by atoms with Crippen LogP contribution in [0, 0.1) is 0 Å². The second kappa shape index (κ2) is 5.05. The molecule has 0 amide bonds. The summed E-state index contributed by atoms with van der Waals surface area (Å²) in [5, 5.41) is 4.31. The van der Waals surface area contributed by atoms with Gasteiger partial charge in [0.15, 0.2) is 11.5 Å². The first kappa shape index (κ1) is 12.2. The van der Waals surface area contributed by atoms with Crippen molar-refractivity contribution in [3.8, 4) is 0 Å². The molecular weight excluding hydrogens is 275 g/mol. The predicted octanol–water partition coefficient (Wildman–Crippen LogP) is 2.67. The average molecular weight is 287 g/mol. The van der Waals surface area contributed by atoms with Crippen LogP contribution in [0.5, 0.6) is 0 Å². The highest BCUT2D eigenvalue weighted by Crippen LogP contribution is 2.28. The second-order valence-corrected chi connectivity index (χ2v) is 5.09. The van der Waals surface area contributed by atoms with E-state index in [1.54, 1.807) is 12.1 Å². The lowest BCUT2D eigenvalue weighted by Crippen LogP contribution is -2.39. The van der Waals surface area contributed by atoms with Crippen molar-refractivity contribution in [3.05, 3.63) is 28.1 Å². The predicted molar refractivity (Wildman–Crippen MR) is 70.3 cm³/mol. The first-order valence-electron chi connectivity index (χ1n) is 5.79. The molecule has 1 aliphatic heterocycles. The van der Waals surface area contributed by atoms with Gasteiger partial charge in [-0.3, -0.25) is 0 Å². The molecular formula is C12H12Cl2N2O2. The van der Waals surface area contributed by atoms with Crippen LogP contribution >= 0.6 is 23.2 Å². The molecule has 0 radical (unpaired) electrons. The fourth-order valence-corrected chi connectivity index (χ4v) is 2.56. The first-order chi connectivity index (χ1) is 8.72. The van der Waals surface area contributed by atoms with Crippen LogP contribution in [0.3, 0.4) is 0 Å². The number of nitrogens with zero attached hydrogens (tertiary/aromatic N) is 1. The number of morpholine rings is 1. The Labute approximate surface area is 114 Å². The van der Waals surface area contributed by atoms with E-state index in [2.05, 4.69) is 10.3 Å². The normalized spacial score (nSPS) is 20.4. The van der Waals surface area contributed by atoms with Crippen molar-refractivity contribution in [1.29, 1.82) is 0 Å². The highest BCUT2D eigenvalue weighted by molar-refractivity contribution is 6.37. The lowest BCUT2D eigenvalue weighted by Gasteiger charge is -2.22. The smallest absolute Gasteiger partial charge is 0.198 e. The van der Waals surface area contributed by atoms with Crippen molar-refractivity contribution in [2.24, 2.45) is 0 Å². The zero-order valence-corrected chi connectivity index (χ0v) is 11.1. The van der Waals surface area contributed by atoms with Gasteiger partial charge in [-0.25, -0.2) is 4.98 Å². The molecule has 2 heterocycles. The maximum atomic E-state index is 6.06. The topological polar surface area (TPSA) is 47.3 Å². The number of benzene rings is 1. The summed E-state index contributed by atoms with van der Waals surface area (Å²) in [6.45, 7) is 2.43. The monoisotopic (exact) mass is 286 g/mol. The van der Waals surface area contributed by atoms with Crippen LogP contribution in [0.15, 0.2) is 16.5 Å². The van der Waals surface area contributed by atoms with Gasteiger partial charge in [-0.2, -0.15) is 0 Å². The SMILES string of the molecule is Clc1cc(Cl)c2oc(CC3CNCCO3)nc2c1. The number of halogens is 2. The Bertz CT molecular complexity index is 564. The van der Waals surface area contributed by atoms with Crippen molar-refractivity contribution in [2.45, 2.75) is 12.5 Å². The van der Waals surface area contributed by atoms with Crippen LogP contribution < -0.4 is 5.32 Å². The van der Waals surface area contributed by atoms with E-state index in [9.17, 15) is 0 Å². The van der Waals surface area contributed by atoms with Gasteiger partial charge in [-0.1, -0.05) is 23.2 Å². The highest BCUT2D eigenvalue weighted by Gasteiger charge is 2.18. The van der Waals surface area contributed by atoms with E-state index in [-0.39, 0.29) is 6.10 Å². The van der Waals surface area contributed by atoms with Crippen molar-refractivity contribution in [2.75, 3.05) is 19.7 Å². The van der Waals surface area contributed by atoms with Gasteiger partial charge in [0.25, 0.3) is 0 Å². The third kappa shape index (κ3) is 2.47. The summed E-state index contributed by atoms with van der Waals surface area (Å²) in [7, 11) is 0. The number of fused-ring (bicyclic) bond motifs is 1. The van der Waals surface area contributed by atoms with Crippen LogP contribution in [-0.2, 0) is 11.2 Å². The van der Waals surface area contributed by atoms with E-state index in [4.69, 9.17) is 32.4 Å². The van der Waals surface area contributed by atoms with Crippen LogP contribution in [0.25, 0.3) is 11.1 Å². The minimum Gasteiger partial charge on any atom is -0.439 e. The molecule has 3 rings (SSSR count). The Kier molecular flexibility index (Phi) is 3.43. The Morgan fingerprint density at radius 3 is 3.06 bits per heavy atom. The number of nitrogens with one attached hydrogen (secondary N) is 1. The van der Waals surface area contributed by atoms with Gasteiger partial charge in [0, 0.05) is 18.1 Å². The summed E-state index contributed by atoms with van der Waals surface area (Å²) in [4.78, 5) is 4.39. The van der Waals surface area contributed by atoms with Gasteiger partial charge in [0.1, 0.15) is 5.52 Å². The van der Waals surface area contributed by atoms with Crippen molar-refractivity contribution in [1.82, 2.24) is 10.3 Å². The van der Waals surface area contributed by atoms with Gasteiger partial charge in [-0.05, 0) is 12.1 Å². The van der Waals surface area contributed by atoms with Crippen molar-refractivity contribution in [3.63, 3.8) is 0 Å². The fraction of sp³-hybridized carbons (Fsp3) is 0.417. The van der Waals surface area contributed by atoms with E-state index in [0.29, 0.717) is 33.5 Å².